The second kappa shape index (κ2) is 19.2. The highest BCUT2D eigenvalue weighted by molar-refractivity contribution is 6.31. The number of carbonyl (C=O) groups is 5. The van der Waals surface area contributed by atoms with Gasteiger partial charge in [-0.25, -0.2) is 0 Å². The Kier molecular flexibility index (Phi) is 20.6. The molecule has 0 saturated carbocycles. The molecular formula is C15H30N4O9. The maximum atomic E-state index is 10.1. The second-order valence-electron chi connectivity index (χ2n) is 5.61. The van der Waals surface area contributed by atoms with E-state index in [1.165, 1.54) is 0 Å². The van der Waals surface area contributed by atoms with E-state index in [2.05, 4.69) is 22.9 Å². The quantitative estimate of drug-likeness (QED) is 0.222. The second-order valence-corrected chi connectivity index (χ2v) is 5.61. The molecule has 2 atom stereocenters. The highest BCUT2D eigenvalue weighted by atomic mass is 16.4. The Balaban J connectivity index is -0.000000336. The predicted molar refractivity (Wildman–Crippen MR) is 81.6 cm³/mol. The Hall–Kier alpha value is -2.61. The molecule has 0 aromatic rings. The van der Waals surface area contributed by atoms with E-state index in [4.69, 9.17) is 0 Å². The van der Waals surface area contributed by atoms with Gasteiger partial charge in [-0.1, -0.05) is 0 Å². The predicted octanol–water partition coefficient (Wildman–Crippen LogP) is -10.4. The summed E-state index contributed by atoms with van der Waals surface area (Å²) in [6, 6.07) is -1.13. The highest BCUT2D eigenvalue weighted by Gasteiger charge is 2.05. The van der Waals surface area contributed by atoms with Crippen LogP contribution in [0.2, 0.25) is 0 Å². The maximum absolute atomic E-state index is 10.1. The van der Waals surface area contributed by atoms with Crippen molar-refractivity contribution in [3.8, 4) is 0 Å². The summed E-state index contributed by atoms with van der Waals surface area (Å²) in [6.45, 7) is 1.53. The van der Waals surface area contributed by atoms with Gasteiger partial charge in [0.2, 0.25) is 0 Å². The molecule has 12 N–H and O–H groups in total. The molecule has 0 spiro atoms. The maximum Gasteiger partial charge on any atom is 0.178 e. The molecule has 13 heteroatoms. The Morgan fingerprint density at radius 3 is 1.25 bits per heavy atom. The van der Waals surface area contributed by atoms with Crippen LogP contribution in [0.3, 0.4) is 0 Å². The van der Waals surface area contributed by atoms with Crippen LogP contribution in [0.5, 0.6) is 0 Å². The minimum atomic E-state index is -1.86. The van der Waals surface area contributed by atoms with E-state index in [0.717, 1.165) is 25.9 Å². The van der Waals surface area contributed by atoms with Gasteiger partial charge in [0.15, 0.2) is 5.78 Å². The van der Waals surface area contributed by atoms with Gasteiger partial charge < -0.3 is 62.5 Å². The van der Waals surface area contributed by atoms with Crippen LogP contribution in [-0.4, -0.2) is 54.8 Å². The number of rotatable bonds is 12. The fourth-order valence-electron chi connectivity index (χ4n) is 1.33. The molecule has 0 saturated heterocycles. The summed E-state index contributed by atoms with van der Waals surface area (Å²) in [5.74, 6) is -6.66. The van der Waals surface area contributed by atoms with Crippen molar-refractivity contribution in [1.82, 2.24) is 0 Å². The molecule has 0 fully saturated rings. The number of Topliss-reactive ketones (excluding diaryl/α,β-unsaturated/α-hetero) is 1. The topological polar surface area (TPSA) is 288 Å². The van der Waals surface area contributed by atoms with E-state index in [1.807, 2.05) is 0 Å². The number of carboxylic acids is 4. The third-order valence-corrected chi connectivity index (χ3v) is 3.06. The SMILES string of the molecule is O=C([O-])CCC(=O)C(=O)[O-].[NH3+]CCC[C@H]([NH3+])C(=O)[O-].[NH3+]CCC[C@H]([NH3+])C(=O)[O-]. The van der Waals surface area contributed by atoms with Gasteiger partial charge >= 0.3 is 0 Å². The third kappa shape index (κ3) is 23.4. The number of quaternary nitrogens is 4. The Labute approximate surface area is 161 Å². The molecule has 0 radical (unpaired) electrons. The molecule has 0 aliphatic carbocycles. The van der Waals surface area contributed by atoms with Crippen molar-refractivity contribution in [1.29, 1.82) is 0 Å². The summed E-state index contributed by atoms with van der Waals surface area (Å²) in [6.07, 6.45) is 1.62. The highest BCUT2D eigenvalue weighted by Crippen LogP contribution is 1.88. The average molecular weight is 410 g/mol. The van der Waals surface area contributed by atoms with Gasteiger partial charge in [0.05, 0.1) is 25.0 Å². The normalized spacial score (nSPS) is 11.6. The molecule has 0 aliphatic rings. The van der Waals surface area contributed by atoms with E-state index < -0.39 is 54.6 Å². The minimum absolute atomic E-state index is 0.563. The fraction of sp³-hybridized carbons (Fsp3) is 0.667. The van der Waals surface area contributed by atoms with Crippen LogP contribution in [0.25, 0.3) is 0 Å². The molecule has 0 bridgehead atoms. The van der Waals surface area contributed by atoms with Crippen molar-refractivity contribution in [2.24, 2.45) is 0 Å². The van der Waals surface area contributed by atoms with Gasteiger partial charge in [-0.05, 0) is 6.42 Å². The molecule has 0 aromatic heterocycles. The van der Waals surface area contributed by atoms with Crippen molar-refractivity contribution in [2.45, 2.75) is 50.6 Å². The van der Waals surface area contributed by atoms with Crippen LogP contribution in [0.1, 0.15) is 38.5 Å². The van der Waals surface area contributed by atoms with Crippen molar-refractivity contribution in [2.75, 3.05) is 13.1 Å². The van der Waals surface area contributed by atoms with Gasteiger partial charge in [0, 0.05) is 38.1 Å². The van der Waals surface area contributed by atoms with Gasteiger partial charge in [-0.15, -0.1) is 0 Å². The van der Waals surface area contributed by atoms with E-state index in [-0.39, 0.29) is 0 Å². The van der Waals surface area contributed by atoms with E-state index in [1.54, 1.807) is 0 Å². The zero-order valence-electron chi connectivity index (χ0n) is 15.8. The summed E-state index contributed by atoms with van der Waals surface area (Å²) in [5.41, 5.74) is 13.9. The van der Waals surface area contributed by atoms with Gasteiger partial charge in [-0.3, -0.25) is 4.79 Å². The monoisotopic (exact) mass is 410 g/mol. The lowest BCUT2D eigenvalue weighted by atomic mass is 10.2. The first-order valence-electron chi connectivity index (χ1n) is 8.50. The number of hydrogen-bond donors (Lipinski definition) is 4. The lowest BCUT2D eigenvalue weighted by Crippen LogP contribution is -2.68. The molecule has 164 valence electrons. The third-order valence-electron chi connectivity index (χ3n) is 3.06. The van der Waals surface area contributed by atoms with Crippen LogP contribution >= 0.6 is 0 Å². The van der Waals surface area contributed by atoms with E-state index in [0.29, 0.717) is 12.8 Å². The lowest BCUT2D eigenvalue weighted by Gasteiger charge is -2.06. The zero-order chi connectivity index (χ0) is 22.7. The number of ketones is 1. The summed E-state index contributed by atoms with van der Waals surface area (Å²) in [5, 5.41) is 39.3. The first-order chi connectivity index (χ1) is 12.9. The molecule has 0 aliphatic heterocycles. The average Bonchev–Trinajstić information content (AvgIpc) is 2.62. The van der Waals surface area contributed by atoms with E-state index in [9.17, 15) is 44.4 Å². The van der Waals surface area contributed by atoms with Crippen LogP contribution < -0.4 is 43.4 Å². The van der Waals surface area contributed by atoms with Crippen LogP contribution in [0.15, 0.2) is 0 Å². The van der Waals surface area contributed by atoms with Gasteiger partial charge in [0.25, 0.3) is 0 Å². The minimum Gasteiger partial charge on any atom is -0.550 e. The summed E-state index contributed by atoms with van der Waals surface area (Å²) in [7, 11) is 0. The van der Waals surface area contributed by atoms with E-state index >= 15 is 0 Å². The van der Waals surface area contributed by atoms with Gasteiger partial charge in [-0.2, -0.15) is 0 Å². The first-order valence-corrected chi connectivity index (χ1v) is 8.50. The molecular weight excluding hydrogens is 380 g/mol. The summed E-state index contributed by atoms with van der Waals surface area (Å²) < 4.78 is 0. The Bertz CT molecular complexity index is 476. The largest absolute Gasteiger partial charge is 0.550 e. The van der Waals surface area contributed by atoms with Crippen molar-refractivity contribution >= 4 is 29.7 Å². The fourth-order valence-corrected chi connectivity index (χ4v) is 1.33. The van der Waals surface area contributed by atoms with Crippen LogP contribution in [0.4, 0.5) is 0 Å². The molecule has 28 heavy (non-hydrogen) atoms. The molecule has 0 amide bonds. The Morgan fingerprint density at radius 1 is 0.679 bits per heavy atom. The first kappa shape index (κ1) is 30.1. The summed E-state index contributed by atoms with van der Waals surface area (Å²) in [4.78, 5) is 49.4. The number of hydrogen-bond acceptors (Lipinski definition) is 9. The number of carbonyl (C=O) groups excluding carboxylic acids is 5. The molecule has 0 rings (SSSR count). The van der Waals surface area contributed by atoms with Crippen molar-refractivity contribution in [3.63, 3.8) is 0 Å². The zero-order valence-corrected chi connectivity index (χ0v) is 15.8. The number of aliphatic carboxylic acids is 4. The van der Waals surface area contributed by atoms with Crippen molar-refractivity contribution in [3.05, 3.63) is 0 Å². The molecule has 0 aromatic carbocycles. The molecule has 13 nitrogen and oxygen atoms in total. The Morgan fingerprint density at radius 2 is 1.04 bits per heavy atom. The van der Waals surface area contributed by atoms with Crippen LogP contribution in [0, 0.1) is 0 Å². The summed E-state index contributed by atoms with van der Waals surface area (Å²) >= 11 is 0. The number of carboxylic acid groups (broad SMARTS) is 4. The standard InChI is InChI=1S/2C5H12N2O2.C5H6O5/c2*6-3-1-2-4(7)5(8)9;6-3(5(9)10)1-2-4(7)8/h2*4H,1-3,6-7H2,(H,8,9);1-2H2,(H,7,8)(H,9,10)/t2*4-;/m00./s1. The van der Waals surface area contributed by atoms with Crippen LogP contribution in [-0.2, 0) is 24.0 Å². The van der Waals surface area contributed by atoms with Crippen molar-refractivity contribution < 1.29 is 67.3 Å². The molecule has 0 heterocycles. The smallest absolute Gasteiger partial charge is 0.178 e. The molecule has 0 unspecified atom stereocenters. The lowest BCUT2D eigenvalue weighted by molar-refractivity contribution is -0.441. The van der Waals surface area contributed by atoms with Gasteiger partial charge in [0.1, 0.15) is 18.1 Å².